The van der Waals surface area contributed by atoms with E-state index in [1.807, 2.05) is 43.3 Å². The van der Waals surface area contributed by atoms with Crippen LogP contribution >= 0.6 is 0 Å². The van der Waals surface area contributed by atoms with Gasteiger partial charge in [-0.2, -0.15) is 0 Å². The van der Waals surface area contributed by atoms with Crippen molar-refractivity contribution in [1.82, 2.24) is 0 Å². The molecular weight excluding hydrogens is 504 g/mol. The number of benzene rings is 2. The first-order valence-electron chi connectivity index (χ1n) is 15.4. The first kappa shape index (κ1) is 33.1. The minimum Gasteiger partial charge on any atom is -0.494 e. The molecule has 0 aliphatic rings. The van der Waals surface area contributed by atoms with Crippen LogP contribution in [0.3, 0.4) is 0 Å². The van der Waals surface area contributed by atoms with Gasteiger partial charge in [-0.1, -0.05) is 140 Å². The van der Waals surface area contributed by atoms with Crippen LogP contribution in [0, 0.1) is 0 Å². The lowest BCUT2D eigenvalue weighted by atomic mass is 10.0. The number of hydrogen-bond acceptors (Lipinski definition) is 4. The van der Waals surface area contributed by atoms with Gasteiger partial charge in [0, 0.05) is 0 Å². The monoisotopic (exact) mass is 556 g/mol. The molecule has 0 saturated carbocycles. The zero-order valence-electron chi connectivity index (χ0n) is 24.5. The highest BCUT2D eigenvalue weighted by atomic mass is 32.2. The maximum atomic E-state index is 12.4. The Labute approximate surface area is 238 Å². The van der Waals surface area contributed by atoms with Crippen molar-refractivity contribution in [2.75, 3.05) is 6.61 Å². The fourth-order valence-corrected chi connectivity index (χ4v) is 6.06. The van der Waals surface area contributed by atoms with E-state index in [0.29, 0.717) is 6.42 Å². The molecule has 0 heterocycles. The smallest absolute Gasteiger partial charge is 0.204 e. The van der Waals surface area contributed by atoms with Crippen molar-refractivity contribution < 1.29 is 18.3 Å². The summed E-state index contributed by atoms with van der Waals surface area (Å²) >= 11 is 0. The van der Waals surface area contributed by atoms with Crippen LogP contribution in [0.5, 0.6) is 5.75 Å². The molecule has 0 radical (unpaired) electrons. The van der Waals surface area contributed by atoms with Gasteiger partial charge in [0.15, 0.2) is 5.44 Å². The Bertz CT molecular complexity index is 1010. The van der Waals surface area contributed by atoms with Crippen molar-refractivity contribution >= 4 is 22.0 Å². The van der Waals surface area contributed by atoms with E-state index in [1.165, 1.54) is 83.5 Å². The summed E-state index contributed by atoms with van der Waals surface area (Å²) < 4.78 is 30.7. The van der Waals surface area contributed by atoms with Gasteiger partial charge >= 0.3 is 0 Å². The van der Waals surface area contributed by atoms with Crippen molar-refractivity contribution in [3.05, 3.63) is 59.7 Å². The molecule has 0 aliphatic carbocycles. The zero-order chi connectivity index (χ0) is 28.2. The lowest BCUT2D eigenvalue weighted by Crippen LogP contribution is -2.20. The number of unbranched alkanes of at least 4 members (excludes halogenated alkanes) is 13. The second-order valence-electron chi connectivity index (χ2n) is 10.7. The van der Waals surface area contributed by atoms with Gasteiger partial charge in [-0.15, -0.1) is 0 Å². The number of hydrogen-bond donors (Lipinski definition) is 1. The topological polar surface area (TPSA) is 63.6 Å². The van der Waals surface area contributed by atoms with E-state index in [-0.39, 0.29) is 11.3 Å². The highest BCUT2D eigenvalue weighted by Gasteiger charge is 2.23. The Balaban J connectivity index is 1.57. The van der Waals surface area contributed by atoms with Crippen LogP contribution in [-0.2, 0) is 9.84 Å². The van der Waals surface area contributed by atoms with Gasteiger partial charge in [0.05, 0.1) is 11.5 Å². The van der Waals surface area contributed by atoms with Crippen molar-refractivity contribution in [2.45, 2.75) is 127 Å². The molecule has 39 heavy (non-hydrogen) atoms. The summed E-state index contributed by atoms with van der Waals surface area (Å²) in [5, 5.41) is 9.93. The van der Waals surface area contributed by atoms with Crippen molar-refractivity contribution in [2.24, 2.45) is 0 Å². The molecule has 1 N–H and O–H groups in total. The van der Waals surface area contributed by atoms with Gasteiger partial charge in [-0.05, 0) is 48.2 Å². The molecule has 0 fully saturated rings. The number of ether oxygens (including phenoxy) is 1. The van der Waals surface area contributed by atoms with Gasteiger partial charge in [0.1, 0.15) is 5.75 Å². The average molecular weight is 557 g/mol. The fraction of sp³-hybridized carbons (Fsp3) is 0.588. The first-order valence-corrected chi connectivity index (χ1v) is 16.9. The van der Waals surface area contributed by atoms with Gasteiger partial charge in [-0.25, -0.2) is 8.42 Å². The minimum atomic E-state index is -3.70. The summed E-state index contributed by atoms with van der Waals surface area (Å²) in [5.74, 6) is 0.891. The maximum absolute atomic E-state index is 12.4. The van der Waals surface area contributed by atoms with E-state index in [4.69, 9.17) is 4.74 Å². The average Bonchev–Trinajstić information content (AvgIpc) is 2.95. The van der Waals surface area contributed by atoms with Crippen LogP contribution < -0.4 is 4.74 Å². The Morgan fingerprint density at radius 3 is 1.54 bits per heavy atom. The summed E-state index contributed by atoms with van der Waals surface area (Å²) in [5.41, 5.74) is 0.602. The molecule has 2 rings (SSSR count). The summed E-state index contributed by atoms with van der Waals surface area (Å²) in [6, 6.07) is 14.7. The van der Waals surface area contributed by atoms with Crippen LogP contribution in [0.4, 0.5) is 0 Å². The Morgan fingerprint density at radius 1 is 0.641 bits per heavy atom. The lowest BCUT2D eigenvalue weighted by molar-refractivity contribution is 0.237. The summed E-state index contributed by atoms with van der Waals surface area (Å²) in [4.78, 5) is 0.154. The van der Waals surface area contributed by atoms with E-state index < -0.39 is 15.3 Å². The molecule has 5 heteroatoms. The molecule has 0 bridgehead atoms. The highest BCUT2D eigenvalue weighted by Crippen LogP contribution is 2.20. The number of aliphatic hydroxyl groups is 1. The van der Waals surface area contributed by atoms with Crippen LogP contribution in [0.1, 0.15) is 128 Å². The summed E-state index contributed by atoms with van der Waals surface area (Å²) in [6.45, 7) is 4.89. The first-order chi connectivity index (χ1) is 19.0. The SMILES string of the molecule is CCCCCCCCCCCCCCCCOc1ccc(C=Cc2ccc(S(=O)(=O)C(O)CCC)cc2)cc1. The predicted octanol–water partition coefficient (Wildman–Crippen LogP) is 9.61. The van der Waals surface area contributed by atoms with Crippen LogP contribution in [0.2, 0.25) is 0 Å². The molecule has 0 amide bonds. The number of aliphatic hydroxyl groups excluding tert-OH is 1. The second-order valence-corrected chi connectivity index (χ2v) is 12.8. The van der Waals surface area contributed by atoms with E-state index >= 15 is 0 Å². The molecule has 1 unspecified atom stereocenters. The summed E-state index contributed by atoms with van der Waals surface area (Å²) in [7, 11) is -3.70. The van der Waals surface area contributed by atoms with Gasteiger partial charge < -0.3 is 9.84 Å². The number of sulfone groups is 1. The minimum absolute atomic E-state index is 0.154. The van der Waals surface area contributed by atoms with E-state index in [2.05, 4.69) is 6.92 Å². The third kappa shape index (κ3) is 13.7. The Hall–Kier alpha value is -2.11. The van der Waals surface area contributed by atoms with Crippen LogP contribution in [-0.4, -0.2) is 25.6 Å². The van der Waals surface area contributed by atoms with Crippen molar-refractivity contribution in [1.29, 1.82) is 0 Å². The fourth-order valence-electron chi connectivity index (χ4n) is 4.68. The molecule has 2 aromatic rings. The third-order valence-electron chi connectivity index (χ3n) is 7.22. The molecule has 1 atom stereocenters. The largest absolute Gasteiger partial charge is 0.494 e. The van der Waals surface area contributed by atoms with Gasteiger partial charge in [0.25, 0.3) is 0 Å². The standard InChI is InChI=1S/C34H52O4S/c1-3-5-6-7-8-9-10-11-12-13-14-15-16-17-29-38-32-25-21-30(22-26-32)19-20-31-23-27-33(28-24-31)39(36,37)34(35)18-4-2/h19-28,34-35H,3-18,29H2,1-2H3. The van der Waals surface area contributed by atoms with Crippen LogP contribution in [0.25, 0.3) is 12.2 Å². The van der Waals surface area contributed by atoms with Crippen LogP contribution in [0.15, 0.2) is 53.4 Å². The Kier molecular flexibility index (Phi) is 16.9. The molecular formula is C34H52O4S. The maximum Gasteiger partial charge on any atom is 0.204 e. The molecule has 4 nitrogen and oxygen atoms in total. The van der Waals surface area contributed by atoms with E-state index in [1.54, 1.807) is 24.3 Å². The molecule has 0 aliphatic heterocycles. The predicted molar refractivity (Wildman–Crippen MR) is 166 cm³/mol. The van der Waals surface area contributed by atoms with Crippen molar-refractivity contribution in [3.63, 3.8) is 0 Å². The second kappa shape index (κ2) is 19.9. The van der Waals surface area contributed by atoms with Crippen molar-refractivity contribution in [3.8, 4) is 5.75 Å². The van der Waals surface area contributed by atoms with E-state index in [0.717, 1.165) is 29.9 Å². The molecule has 0 aromatic heterocycles. The zero-order valence-corrected chi connectivity index (χ0v) is 25.3. The highest BCUT2D eigenvalue weighted by molar-refractivity contribution is 7.91. The normalized spacial score (nSPS) is 12.7. The van der Waals surface area contributed by atoms with Gasteiger partial charge in [0.2, 0.25) is 9.84 Å². The number of rotatable bonds is 22. The lowest BCUT2D eigenvalue weighted by Gasteiger charge is -2.11. The van der Waals surface area contributed by atoms with E-state index in [9.17, 15) is 13.5 Å². The molecule has 0 spiro atoms. The van der Waals surface area contributed by atoms with Gasteiger partial charge in [-0.3, -0.25) is 0 Å². The quantitative estimate of drug-likeness (QED) is 0.116. The Morgan fingerprint density at radius 2 is 1.08 bits per heavy atom. The molecule has 218 valence electrons. The third-order valence-corrected chi connectivity index (χ3v) is 9.10. The molecule has 2 aromatic carbocycles. The summed E-state index contributed by atoms with van der Waals surface area (Å²) in [6.07, 6.45) is 23.8. The molecule has 0 saturated heterocycles.